The summed E-state index contributed by atoms with van der Waals surface area (Å²) in [6, 6.07) is 6.77. The van der Waals surface area contributed by atoms with Crippen LogP contribution in [0, 0.1) is 5.82 Å². The highest BCUT2D eigenvalue weighted by atomic mass is 19.1. The van der Waals surface area contributed by atoms with E-state index in [1.807, 2.05) is 0 Å². The first-order valence-corrected chi connectivity index (χ1v) is 10.2. The molecule has 2 aromatic rings. The number of hydrogen-bond donors (Lipinski definition) is 2. The lowest BCUT2D eigenvalue weighted by molar-refractivity contribution is -0.139. The Morgan fingerprint density at radius 2 is 1.88 bits per heavy atom. The standard InChI is InChI=1S/C24H21FN2O7/c1-3-5-15-10-14(12-19(33-4-2)21(15)34-13-20(28)29)11-18-22(30)26-24(32)27(23(18)31)17-8-6-16(25)7-9-17/h3,6-12H,1,4-5,13H2,2H3,(H,28,29)(H,26,30,32)/b18-11+. The van der Waals surface area contributed by atoms with E-state index in [0.717, 1.165) is 17.0 Å². The third kappa shape index (κ3) is 5.29. The molecule has 34 heavy (non-hydrogen) atoms. The predicted molar refractivity (Wildman–Crippen MR) is 120 cm³/mol. The lowest BCUT2D eigenvalue weighted by atomic mass is 10.0. The fraction of sp³-hybridized carbons (Fsp3) is 0.167. The highest BCUT2D eigenvalue weighted by Crippen LogP contribution is 2.35. The maximum absolute atomic E-state index is 13.3. The average molecular weight is 468 g/mol. The monoisotopic (exact) mass is 468 g/mol. The molecule has 0 atom stereocenters. The fourth-order valence-electron chi connectivity index (χ4n) is 3.28. The van der Waals surface area contributed by atoms with E-state index in [1.54, 1.807) is 19.1 Å². The number of aliphatic carboxylic acids is 1. The molecular weight excluding hydrogens is 447 g/mol. The maximum Gasteiger partial charge on any atom is 0.341 e. The van der Waals surface area contributed by atoms with Gasteiger partial charge in [-0.15, -0.1) is 6.58 Å². The summed E-state index contributed by atoms with van der Waals surface area (Å²) in [7, 11) is 0. The van der Waals surface area contributed by atoms with E-state index in [9.17, 15) is 23.6 Å². The number of ether oxygens (including phenoxy) is 2. The molecule has 1 heterocycles. The van der Waals surface area contributed by atoms with Gasteiger partial charge in [0.05, 0.1) is 12.3 Å². The van der Waals surface area contributed by atoms with Gasteiger partial charge in [0.15, 0.2) is 18.1 Å². The largest absolute Gasteiger partial charge is 0.490 e. The molecule has 1 aliphatic rings. The van der Waals surface area contributed by atoms with Crippen LogP contribution in [-0.4, -0.2) is 42.1 Å². The Labute approximate surface area is 194 Å². The Morgan fingerprint density at radius 1 is 1.18 bits per heavy atom. The smallest absolute Gasteiger partial charge is 0.341 e. The number of imide groups is 2. The van der Waals surface area contributed by atoms with E-state index in [2.05, 4.69) is 11.9 Å². The van der Waals surface area contributed by atoms with Gasteiger partial charge in [0.2, 0.25) is 0 Å². The Balaban J connectivity index is 2.06. The summed E-state index contributed by atoms with van der Waals surface area (Å²) in [5, 5.41) is 11.1. The molecule has 1 fully saturated rings. The van der Waals surface area contributed by atoms with Gasteiger partial charge < -0.3 is 14.6 Å². The molecule has 0 radical (unpaired) electrons. The third-order valence-electron chi connectivity index (χ3n) is 4.66. The lowest BCUT2D eigenvalue weighted by Crippen LogP contribution is -2.54. The van der Waals surface area contributed by atoms with Crippen molar-refractivity contribution < 1.29 is 38.1 Å². The van der Waals surface area contributed by atoms with E-state index in [4.69, 9.17) is 14.6 Å². The summed E-state index contributed by atoms with van der Waals surface area (Å²) in [5.74, 6) is -3.10. The molecule has 2 aromatic carbocycles. The predicted octanol–water partition coefficient (Wildman–Crippen LogP) is 3.08. The molecule has 0 aliphatic carbocycles. The van der Waals surface area contributed by atoms with Crippen LogP contribution in [0.2, 0.25) is 0 Å². The van der Waals surface area contributed by atoms with Crippen molar-refractivity contribution in [2.45, 2.75) is 13.3 Å². The number of carboxylic acids is 1. The van der Waals surface area contributed by atoms with Gasteiger partial charge in [0.1, 0.15) is 11.4 Å². The van der Waals surface area contributed by atoms with Gasteiger partial charge in [-0.1, -0.05) is 6.08 Å². The highest BCUT2D eigenvalue weighted by molar-refractivity contribution is 6.39. The lowest BCUT2D eigenvalue weighted by Gasteiger charge is -2.26. The van der Waals surface area contributed by atoms with E-state index in [1.165, 1.54) is 24.3 Å². The van der Waals surface area contributed by atoms with Crippen LogP contribution in [0.1, 0.15) is 18.1 Å². The van der Waals surface area contributed by atoms with Gasteiger partial charge in [0.25, 0.3) is 11.8 Å². The van der Waals surface area contributed by atoms with Crippen molar-refractivity contribution in [3.63, 3.8) is 0 Å². The average Bonchev–Trinajstić information content (AvgIpc) is 2.77. The molecule has 1 aliphatic heterocycles. The Kier molecular flexibility index (Phi) is 7.42. The Morgan fingerprint density at radius 3 is 2.50 bits per heavy atom. The zero-order chi connectivity index (χ0) is 24.8. The van der Waals surface area contributed by atoms with Crippen LogP contribution in [0.4, 0.5) is 14.9 Å². The molecule has 3 rings (SSSR count). The second kappa shape index (κ2) is 10.4. The number of allylic oxidation sites excluding steroid dienone is 1. The van der Waals surface area contributed by atoms with Crippen LogP contribution in [0.25, 0.3) is 6.08 Å². The molecule has 0 spiro atoms. The summed E-state index contributed by atoms with van der Waals surface area (Å²) in [6.07, 6.45) is 3.13. The number of carbonyl (C=O) groups is 4. The van der Waals surface area contributed by atoms with Crippen LogP contribution in [0.3, 0.4) is 0 Å². The summed E-state index contributed by atoms with van der Waals surface area (Å²) < 4.78 is 24.3. The number of urea groups is 1. The molecule has 9 nitrogen and oxygen atoms in total. The first-order valence-electron chi connectivity index (χ1n) is 10.2. The molecule has 0 aromatic heterocycles. The summed E-state index contributed by atoms with van der Waals surface area (Å²) in [6.45, 7) is 5.05. The normalized spacial score (nSPS) is 14.7. The van der Waals surface area contributed by atoms with Crippen LogP contribution in [0.5, 0.6) is 11.5 Å². The highest BCUT2D eigenvalue weighted by Gasteiger charge is 2.36. The van der Waals surface area contributed by atoms with Gasteiger partial charge in [-0.05, 0) is 61.4 Å². The number of anilines is 1. The van der Waals surface area contributed by atoms with Crippen molar-refractivity contribution in [1.29, 1.82) is 0 Å². The van der Waals surface area contributed by atoms with Crippen molar-refractivity contribution in [2.75, 3.05) is 18.1 Å². The van der Waals surface area contributed by atoms with Crippen molar-refractivity contribution in [1.82, 2.24) is 5.32 Å². The molecule has 2 N–H and O–H groups in total. The topological polar surface area (TPSA) is 122 Å². The maximum atomic E-state index is 13.3. The number of hydrogen-bond acceptors (Lipinski definition) is 6. The van der Waals surface area contributed by atoms with Crippen LogP contribution < -0.4 is 19.7 Å². The molecule has 176 valence electrons. The molecule has 4 amide bonds. The van der Waals surface area contributed by atoms with E-state index in [-0.39, 0.29) is 35.8 Å². The number of amides is 4. The Bertz CT molecular complexity index is 1190. The summed E-state index contributed by atoms with van der Waals surface area (Å²) in [4.78, 5) is 49.5. The number of nitrogens with zero attached hydrogens (tertiary/aromatic N) is 1. The molecule has 0 saturated carbocycles. The summed E-state index contributed by atoms with van der Waals surface area (Å²) in [5.41, 5.74) is 0.635. The van der Waals surface area contributed by atoms with Gasteiger partial charge in [-0.3, -0.25) is 14.9 Å². The molecule has 1 saturated heterocycles. The van der Waals surface area contributed by atoms with Crippen molar-refractivity contribution >= 4 is 35.6 Å². The number of benzene rings is 2. The zero-order valence-corrected chi connectivity index (χ0v) is 18.2. The quantitative estimate of drug-likeness (QED) is 0.329. The number of carboxylic acid groups (broad SMARTS) is 1. The van der Waals surface area contributed by atoms with Crippen LogP contribution >= 0.6 is 0 Å². The minimum absolute atomic E-state index is 0.0853. The molecule has 0 unspecified atom stereocenters. The first-order chi connectivity index (χ1) is 16.2. The van der Waals surface area contributed by atoms with Crippen LogP contribution in [-0.2, 0) is 20.8 Å². The number of halogens is 1. The van der Waals surface area contributed by atoms with Crippen molar-refractivity contribution in [3.05, 3.63) is 71.6 Å². The number of nitrogens with one attached hydrogen (secondary N) is 1. The molecule has 10 heteroatoms. The zero-order valence-electron chi connectivity index (χ0n) is 18.2. The minimum atomic E-state index is -1.17. The van der Waals surface area contributed by atoms with Gasteiger partial charge in [-0.25, -0.2) is 18.9 Å². The fourth-order valence-corrected chi connectivity index (χ4v) is 3.28. The third-order valence-corrected chi connectivity index (χ3v) is 4.66. The minimum Gasteiger partial charge on any atom is -0.490 e. The number of rotatable bonds is 9. The van der Waals surface area contributed by atoms with Crippen molar-refractivity contribution in [3.8, 4) is 11.5 Å². The van der Waals surface area contributed by atoms with Crippen molar-refractivity contribution in [2.24, 2.45) is 0 Å². The second-order valence-electron chi connectivity index (χ2n) is 7.05. The second-order valence-corrected chi connectivity index (χ2v) is 7.05. The molecule has 0 bridgehead atoms. The van der Waals surface area contributed by atoms with Gasteiger partial charge >= 0.3 is 12.0 Å². The van der Waals surface area contributed by atoms with Crippen LogP contribution in [0.15, 0.2) is 54.6 Å². The Hall–Kier alpha value is -4.47. The van der Waals surface area contributed by atoms with E-state index >= 15 is 0 Å². The van der Waals surface area contributed by atoms with E-state index < -0.39 is 36.2 Å². The molecular formula is C24H21FN2O7. The summed E-state index contributed by atoms with van der Waals surface area (Å²) >= 11 is 0. The SMILES string of the molecule is C=CCc1cc(/C=C2\C(=O)NC(=O)N(c3ccc(F)cc3)C2=O)cc(OCC)c1OCC(=O)O. The van der Waals surface area contributed by atoms with Gasteiger partial charge in [0, 0.05) is 5.56 Å². The number of carbonyl (C=O) groups excluding carboxylic acids is 3. The number of barbiturate groups is 1. The van der Waals surface area contributed by atoms with E-state index in [0.29, 0.717) is 11.1 Å². The van der Waals surface area contributed by atoms with Gasteiger partial charge in [-0.2, -0.15) is 0 Å². The first kappa shape index (κ1) is 24.2.